The van der Waals surface area contributed by atoms with Gasteiger partial charge in [0.15, 0.2) is 5.17 Å². The first kappa shape index (κ1) is 18.6. The van der Waals surface area contributed by atoms with Crippen LogP contribution in [0.3, 0.4) is 0 Å². The maximum absolute atomic E-state index is 12.5. The number of carbonyl (C=O) groups excluding carboxylic acids is 2. The number of fused-ring (bicyclic) bond motifs is 3. The smallest absolute Gasteiger partial charge is 0.270 e. The van der Waals surface area contributed by atoms with Crippen LogP contribution in [0.1, 0.15) is 39.7 Å². The third-order valence-electron chi connectivity index (χ3n) is 4.08. The zero-order valence-corrected chi connectivity index (χ0v) is 16.3. The van der Waals surface area contributed by atoms with Crippen molar-refractivity contribution in [2.45, 2.75) is 46.2 Å². The molecule has 0 aromatic heterocycles. The minimum Gasteiger partial charge on any atom is -0.353 e. The van der Waals surface area contributed by atoms with Gasteiger partial charge < -0.3 is 5.32 Å². The Balaban J connectivity index is 1.90. The number of hydrogen-bond acceptors (Lipinski definition) is 5. The average molecular weight is 372 g/mol. The van der Waals surface area contributed by atoms with Gasteiger partial charge in [0.05, 0.1) is 11.4 Å². The molecule has 0 aliphatic carbocycles. The Morgan fingerprint density at radius 2 is 1.96 bits per heavy atom. The molecule has 0 spiro atoms. The Morgan fingerprint density at radius 3 is 2.65 bits per heavy atom. The van der Waals surface area contributed by atoms with Crippen molar-refractivity contribution in [1.82, 2.24) is 10.2 Å². The fraction of sp³-hybridized carbons (Fsp3) is 0.474. The molecule has 0 fully saturated rings. The molecular formula is C19H24N4O2S. The van der Waals surface area contributed by atoms with E-state index < -0.39 is 0 Å². The minimum atomic E-state index is -0.349. The zero-order chi connectivity index (χ0) is 18.8. The number of para-hydroxylation sites is 1. The van der Waals surface area contributed by atoms with Gasteiger partial charge in [-0.05, 0) is 38.3 Å². The number of nitrogens with zero attached hydrogens (tertiary/aromatic N) is 3. The van der Waals surface area contributed by atoms with Gasteiger partial charge in [-0.3, -0.25) is 14.5 Å². The molecule has 1 atom stereocenters. The van der Waals surface area contributed by atoms with E-state index in [-0.39, 0.29) is 29.7 Å². The van der Waals surface area contributed by atoms with Crippen molar-refractivity contribution in [3.63, 3.8) is 0 Å². The van der Waals surface area contributed by atoms with Crippen LogP contribution in [0.25, 0.3) is 0 Å². The normalized spacial score (nSPS) is 18.6. The summed E-state index contributed by atoms with van der Waals surface area (Å²) in [6.07, 6.45) is 0.700. The molecular weight excluding hydrogens is 348 g/mol. The summed E-state index contributed by atoms with van der Waals surface area (Å²) in [5, 5.41) is 3.55. The molecule has 26 heavy (non-hydrogen) atoms. The Hall–Kier alpha value is -2.15. The standard InChI is InChI=1S/C19H24N4O2S/c1-11(2)9-15-18(25)22-17-13-7-5-6-8-14(13)21-19(23(15)17)26-10-16(24)20-12(3)4/h5-8,11-12,15H,9-10H2,1-4H3,(H,20,24). The molecule has 2 heterocycles. The summed E-state index contributed by atoms with van der Waals surface area (Å²) < 4.78 is 0. The Bertz CT molecular complexity index is 785. The van der Waals surface area contributed by atoms with E-state index in [1.165, 1.54) is 11.8 Å². The summed E-state index contributed by atoms with van der Waals surface area (Å²) in [6.45, 7) is 8.03. The third-order valence-corrected chi connectivity index (χ3v) is 5.04. The van der Waals surface area contributed by atoms with Crippen molar-refractivity contribution in [1.29, 1.82) is 0 Å². The van der Waals surface area contributed by atoms with Crippen molar-refractivity contribution in [3.8, 4) is 0 Å². The molecule has 1 aromatic carbocycles. The molecule has 0 radical (unpaired) electrons. The highest BCUT2D eigenvalue weighted by Crippen LogP contribution is 2.35. The van der Waals surface area contributed by atoms with E-state index in [0.29, 0.717) is 23.3 Å². The van der Waals surface area contributed by atoms with Crippen molar-refractivity contribution in [2.24, 2.45) is 15.9 Å². The number of aliphatic imine (C=N–C) groups is 2. The number of rotatable bonds is 5. The number of amides is 2. The second-order valence-electron chi connectivity index (χ2n) is 7.21. The van der Waals surface area contributed by atoms with Crippen LogP contribution in [0, 0.1) is 5.92 Å². The van der Waals surface area contributed by atoms with Gasteiger partial charge in [-0.25, -0.2) is 4.99 Å². The Morgan fingerprint density at radius 1 is 1.23 bits per heavy atom. The lowest BCUT2D eigenvalue weighted by molar-refractivity contribution is -0.120. The summed E-state index contributed by atoms with van der Waals surface area (Å²) in [7, 11) is 0. The molecule has 2 amide bonds. The Labute approximate surface area is 158 Å². The fourth-order valence-corrected chi connectivity index (χ4v) is 3.93. The van der Waals surface area contributed by atoms with Crippen LogP contribution in [0.4, 0.5) is 5.69 Å². The minimum absolute atomic E-state index is 0.0454. The molecule has 138 valence electrons. The van der Waals surface area contributed by atoms with Gasteiger partial charge in [0.1, 0.15) is 11.9 Å². The van der Waals surface area contributed by atoms with Gasteiger partial charge in [-0.2, -0.15) is 4.99 Å². The predicted molar refractivity (Wildman–Crippen MR) is 106 cm³/mol. The molecule has 1 N–H and O–H groups in total. The maximum Gasteiger partial charge on any atom is 0.270 e. The Kier molecular flexibility index (Phi) is 5.46. The third kappa shape index (κ3) is 3.82. The molecule has 7 heteroatoms. The number of amidine groups is 2. The van der Waals surface area contributed by atoms with Gasteiger partial charge in [-0.1, -0.05) is 37.7 Å². The molecule has 1 unspecified atom stereocenters. The molecule has 0 saturated heterocycles. The quantitative estimate of drug-likeness (QED) is 0.862. The second-order valence-corrected chi connectivity index (χ2v) is 8.15. The van der Waals surface area contributed by atoms with Crippen LogP contribution < -0.4 is 5.32 Å². The molecule has 0 bridgehead atoms. The van der Waals surface area contributed by atoms with E-state index >= 15 is 0 Å². The highest BCUT2D eigenvalue weighted by molar-refractivity contribution is 8.14. The predicted octanol–water partition coefficient (Wildman–Crippen LogP) is 2.95. The largest absolute Gasteiger partial charge is 0.353 e. The number of benzene rings is 1. The molecule has 0 saturated carbocycles. The van der Waals surface area contributed by atoms with Crippen LogP contribution in [-0.4, -0.2) is 45.6 Å². The van der Waals surface area contributed by atoms with Crippen LogP contribution in [0.5, 0.6) is 0 Å². The maximum atomic E-state index is 12.5. The first-order valence-corrected chi connectivity index (χ1v) is 9.87. The lowest BCUT2D eigenvalue weighted by Gasteiger charge is -2.31. The number of hydrogen-bond donors (Lipinski definition) is 1. The molecule has 1 aromatic rings. The molecule has 2 aliphatic heterocycles. The van der Waals surface area contributed by atoms with Crippen LogP contribution in [-0.2, 0) is 9.59 Å². The van der Waals surface area contributed by atoms with E-state index in [4.69, 9.17) is 4.99 Å². The molecule has 3 rings (SSSR count). The van der Waals surface area contributed by atoms with Crippen molar-refractivity contribution in [3.05, 3.63) is 29.8 Å². The summed E-state index contributed by atoms with van der Waals surface area (Å²) in [5.41, 5.74) is 1.65. The summed E-state index contributed by atoms with van der Waals surface area (Å²) in [4.78, 5) is 35.6. The fourth-order valence-electron chi connectivity index (χ4n) is 3.07. The first-order chi connectivity index (χ1) is 12.4. The van der Waals surface area contributed by atoms with Crippen molar-refractivity contribution in [2.75, 3.05) is 5.75 Å². The lowest BCUT2D eigenvalue weighted by Crippen LogP contribution is -2.44. The average Bonchev–Trinajstić information content (AvgIpc) is 2.88. The monoisotopic (exact) mass is 372 g/mol. The van der Waals surface area contributed by atoms with Gasteiger partial charge in [0.25, 0.3) is 5.91 Å². The van der Waals surface area contributed by atoms with E-state index in [0.717, 1.165) is 11.3 Å². The molecule has 6 nitrogen and oxygen atoms in total. The van der Waals surface area contributed by atoms with Crippen LogP contribution >= 0.6 is 11.8 Å². The summed E-state index contributed by atoms with van der Waals surface area (Å²) in [6, 6.07) is 7.42. The SMILES string of the molecule is CC(C)CC1C(=O)N=C2c3ccccc3N=C(SCC(=O)NC(C)C)N21. The highest BCUT2D eigenvalue weighted by atomic mass is 32.2. The molecule has 2 aliphatic rings. The van der Waals surface area contributed by atoms with Gasteiger partial charge >= 0.3 is 0 Å². The number of carbonyl (C=O) groups is 2. The van der Waals surface area contributed by atoms with Crippen LogP contribution in [0.15, 0.2) is 34.3 Å². The van der Waals surface area contributed by atoms with E-state index in [9.17, 15) is 9.59 Å². The van der Waals surface area contributed by atoms with E-state index in [1.54, 1.807) is 0 Å². The van der Waals surface area contributed by atoms with Gasteiger partial charge in [0.2, 0.25) is 5.91 Å². The number of thioether (sulfide) groups is 1. The zero-order valence-electron chi connectivity index (χ0n) is 15.5. The van der Waals surface area contributed by atoms with Crippen molar-refractivity contribution < 1.29 is 9.59 Å². The topological polar surface area (TPSA) is 74.1 Å². The summed E-state index contributed by atoms with van der Waals surface area (Å²) >= 11 is 1.35. The van der Waals surface area contributed by atoms with Crippen molar-refractivity contribution >= 4 is 40.3 Å². The number of nitrogens with one attached hydrogen (secondary N) is 1. The first-order valence-electron chi connectivity index (χ1n) is 8.89. The van der Waals surface area contributed by atoms with E-state index in [2.05, 4.69) is 24.2 Å². The second kappa shape index (κ2) is 7.61. The highest BCUT2D eigenvalue weighted by Gasteiger charge is 2.41. The van der Waals surface area contributed by atoms with Crippen LogP contribution in [0.2, 0.25) is 0 Å². The van der Waals surface area contributed by atoms with Gasteiger partial charge in [-0.15, -0.1) is 0 Å². The van der Waals surface area contributed by atoms with E-state index in [1.807, 2.05) is 43.0 Å². The summed E-state index contributed by atoms with van der Waals surface area (Å²) in [5.74, 6) is 1.08. The lowest BCUT2D eigenvalue weighted by atomic mass is 10.0. The van der Waals surface area contributed by atoms with Gasteiger partial charge in [0, 0.05) is 11.6 Å².